The van der Waals surface area contributed by atoms with Gasteiger partial charge in [0.05, 0.1) is 25.1 Å². The van der Waals surface area contributed by atoms with Gasteiger partial charge >= 0.3 is 0 Å². The minimum absolute atomic E-state index is 0.0300. The summed E-state index contributed by atoms with van der Waals surface area (Å²) in [7, 11) is -2.08. The summed E-state index contributed by atoms with van der Waals surface area (Å²) in [5.41, 5.74) is 1.30. The fourth-order valence-corrected chi connectivity index (χ4v) is 3.81. The van der Waals surface area contributed by atoms with Gasteiger partial charge in [0.25, 0.3) is 0 Å². The van der Waals surface area contributed by atoms with Crippen LogP contribution in [-0.2, 0) is 16.6 Å². The van der Waals surface area contributed by atoms with Gasteiger partial charge in [-0.3, -0.25) is 9.29 Å². The molecule has 0 aliphatic rings. The van der Waals surface area contributed by atoms with Crippen molar-refractivity contribution in [3.8, 4) is 17.2 Å². The van der Waals surface area contributed by atoms with E-state index in [0.29, 0.717) is 11.4 Å². The molecule has 0 bridgehead atoms. The maximum Gasteiger partial charge on any atom is 0.235 e. The molecule has 3 aromatic rings. The van der Waals surface area contributed by atoms with Crippen LogP contribution in [0.1, 0.15) is 12.5 Å². The van der Waals surface area contributed by atoms with Crippen LogP contribution in [0, 0.1) is 5.82 Å². The van der Waals surface area contributed by atoms with Gasteiger partial charge in [0, 0.05) is 12.4 Å². The Balaban J connectivity index is 1.88. The molecule has 0 unspecified atom stereocenters. The molecule has 0 spiro atoms. The summed E-state index contributed by atoms with van der Waals surface area (Å²) in [6, 6.07) is 14.3. The summed E-state index contributed by atoms with van der Waals surface area (Å²) in [6.45, 7) is 1.77. The number of rotatable bonds is 8. The number of methoxy groups -OCH3 is 1. The molecule has 0 aliphatic carbocycles. The van der Waals surface area contributed by atoms with Crippen molar-refractivity contribution in [2.45, 2.75) is 13.5 Å². The van der Waals surface area contributed by atoms with Crippen molar-refractivity contribution < 1.29 is 22.3 Å². The summed E-state index contributed by atoms with van der Waals surface area (Å²) in [5.74, 6) is -0.00121. The van der Waals surface area contributed by atoms with Gasteiger partial charge < -0.3 is 9.47 Å². The van der Waals surface area contributed by atoms with E-state index in [2.05, 4.69) is 4.98 Å². The van der Waals surface area contributed by atoms with Crippen molar-refractivity contribution in [1.29, 1.82) is 0 Å². The smallest absolute Gasteiger partial charge is 0.235 e. The first-order chi connectivity index (χ1) is 13.9. The molecule has 0 saturated carbocycles. The first-order valence-corrected chi connectivity index (χ1v) is 10.5. The van der Waals surface area contributed by atoms with Crippen LogP contribution < -0.4 is 13.8 Å². The molecule has 29 heavy (non-hydrogen) atoms. The molecule has 152 valence electrons. The quantitative estimate of drug-likeness (QED) is 0.545. The van der Waals surface area contributed by atoms with Crippen molar-refractivity contribution in [2.75, 3.05) is 17.2 Å². The predicted molar refractivity (Wildman–Crippen MR) is 109 cm³/mol. The number of halogens is 1. The van der Waals surface area contributed by atoms with E-state index in [1.165, 1.54) is 23.5 Å². The van der Waals surface area contributed by atoms with Gasteiger partial charge in [0.1, 0.15) is 5.75 Å². The number of pyridine rings is 1. The largest absolute Gasteiger partial charge is 0.493 e. The SMILES string of the molecule is CCS(=O)(=O)N(Cc1ccncc1)c1ccc(Oc2c(F)cccc2OC)cc1. The number of hydrogen-bond acceptors (Lipinski definition) is 5. The van der Waals surface area contributed by atoms with E-state index in [1.54, 1.807) is 61.8 Å². The topological polar surface area (TPSA) is 68.7 Å². The van der Waals surface area contributed by atoms with Crippen molar-refractivity contribution >= 4 is 15.7 Å². The molecule has 0 saturated heterocycles. The van der Waals surface area contributed by atoms with Crippen LogP contribution >= 0.6 is 0 Å². The average Bonchev–Trinajstić information content (AvgIpc) is 2.75. The van der Waals surface area contributed by atoms with Gasteiger partial charge in [-0.1, -0.05) is 6.07 Å². The lowest BCUT2D eigenvalue weighted by atomic mass is 10.2. The summed E-state index contributed by atoms with van der Waals surface area (Å²) in [6.07, 6.45) is 3.23. The van der Waals surface area contributed by atoms with Gasteiger partial charge in [0.15, 0.2) is 11.6 Å². The lowest BCUT2D eigenvalue weighted by Gasteiger charge is -2.24. The molecule has 0 fully saturated rings. The molecule has 0 amide bonds. The van der Waals surface area contributed by atoms with E-state index in [0.717, 1.165) is 5.56 Å². The molecule has 0 radical (unpaired) electrons. The Bertz CT molecular complexity index is 1060. The normalized spacial score (nSPS) is 11.1. The van der Waals surface area contributed by atoms with Crippen LogP contribution in [0.4, 0.5) is 10.1 Å². The average molecular weight is 416 g/mol. The molecule has 8 heteroatoms. The molecule has 3 rings (SSSR count). The van der Waals surface area contributed by atoms with Crippen molar-refractivity contribution in [2.24, 2.45) is 0 Å². The molecule has 0 atom stereocenters. The highest BCUT2D eigenvalue weighted by atomic mass is 32.2. The molecule has 1 aromatic heterocycles. The zero-order valence-corrected chi connectivity index (χ0v) is 16.9. The van der Waals surface area contributed by atoms with Crippen molar-refractivity contribution in [1.82, 2.24) is 4.98 Å². The molecular formula is C21H21FN2O4S. The number of anilines is 1. The highest BCUT2D eigenvalue weighted by molar-refractivity contribution is 7.92. The van der Waals surface area contributed by atoms with Crippen LogP contribution in [0.3, 0.4) is 0 Å². The summed E-state index contributed by atoms with van der Waals surface area (Å²) >= 11 is 0. The summed E-state index contributed by atoms with van der Waals surface area (Å²) in [4.78, 5) is 3.96. The summed E-state index contributed by atoms with van der Waals surface area (Å²) < 4.78 is 51.4. The van der Waals surface area contributed by atoms with Gasteiger partial charge in [-0.15, -0.1) is 0 Å². The third kappa shape index (κ3) is 4.83. The van der Waals surface area contributed by atoms with Crippen LogP contribution in [0.25, 0.3) is 0 Å². The first kappa shape index (κ1) is 20.6. The van der Waals surface area contributed by atoms with Crippen LogP contribution in [0.15, 0.2) is 67.0 Å². The van der Waals surface area contributed by atoms with E-state index in [1.807, 2.05) is 0 Å². The second-order valence-electron chi connectivity index (χ2n) is 6.13. The van der Waals surface area contributed by atoms with E-state index < -0.39 is 15.8 Å². The fourth-order valence-electron chi connectivity index (χ4n) is 2.71. The maximum absolute atomic E-state index is 14.1. The Morgan fingerprint density at radius 1 is 1.03 bits per heavy atom. The van der Waals surface area contributed by atoms with E-state index >= 15 is 0 Å². The van der Waals surface area contributed by atoms with Crippen LogP contribution in [-0.4, -0.2) is 26.3 Å². The van der Waals surface area contributed by atoms with E-state index in [4.69, 9.17) is 9.47 Å². The highest BCUT2D eigenvalue weighted by Gasteiger charge is 2.21. The van der Waals surface area contributed by atoms with Crippen molar-refractivity contribution in [3.63, 3.8) is 0 Å². The molecule has 1 heterocycles. The summed E-state index contributed by atoms with van der Waals surface area (Å²) in [5, 5.41) is 0. The number of aromatic nitrogens is 1. The molecule has 0 aliphatic heterocycles. The second kappa shape index (κ2) is 8.91. The van der Waals surface area contributed by atoms with Gasteiger partial charge in [-0.05, 0) is 61.0 Å². The Morgan fingerprint density at radius 3 is 2.34 bits per heavy atom. The Kier molecular flexibility index (Phi) is 6.33. The highest BCUT2D eigenvalue weighted by Crippen LogP contribution is 2.34. The number of ether oxygens (including phenoxy) is 2. The van der Waals surface area contributed by atoms with Crippen LogP contribution in [0.2, 0.25) is 0 Å². The zero-order chi connectivity index (χ0) is 20.9. The minimum Gasteiger partial charge on any atom is -0.493 e. The predicted octanol–water partition coefficient (Wildman–Crippen LogP) is 4.38. The third-order valence-corrected chi connectivity index (χ3v) is 6.01. The van der Waals surface area contributed by atoms with E-state index in [9.17, 15) is 12.8 Å². The number of benzene rings is 2. The Labute approximate surface area is 169 Å². The minimum atomic E-state index is -3.51. The standard InChI is InChI=1S/C21H21FN2O4S/c1-3-29(25,26)24(15-16-11-13-23-14-12-16)17-7-9-18(10-8-17)28-21-19(22)5-4-6-20(21)27-2/h4-14H,3,15H2,1-2H3. The monoisotopic (exact) mass is 416 g/mol. The molecule has 0 N–H and O–H groups in total. The maximum atomic E-state index is 14.1. The lowest BCUT2D eigenvalue weighted by molar-refractivity contribution is 0.364. The lowest BCUT2D eigenvalue weighted by Crippen LogP contribution is -2.31. The first-order valence-electron chi connectivity index (χ1n) is 8.94. The van der Waals surface area contributed by atoms with Gasteiger partial charge in [0.2, 0.25) is 15.8 Å². The molecule has 6 nitrogen and oxygen atoms in total. The third-order valence-electron chi connectivity index (χ3n) is 4.27. The van der Waals surface area contributed by atoms with E-state index in [-0.39, 0.29) is 23.8 Å². The molecule has 2 aromatic carbocycles. The number of sulfonamides is 1. The van der Waals surface area contributed by atoms with Gasteiger partial charge in [-0.25, -0.2) is 12.8 Å². The second-order valence-corrected chi connectivity index (χ2v) is 8.31. The Hall–Kier alpha value is -3.13. The van der Waals surface area contributed by atoms with Gasteiger partial charge in [-0.2, -0.15) is 0 Å². The number of para-hydroxylation sites is 1. The fraction of sp³-hybridized carbons (Fsp3) is 0.190. The Morgan fingerprint density at radius 2 is 1.72 bits per heavy atom. The number of nitrogens with zero attached hydrogens (tertiary/aromatic N) is 2. The molecular weight excluding hydrogens is 395 g/mol. The zero-order valence-electron chi connectivity index (χ0n) is 16.1. The van der Waals surface area contributed by atoms with Crippen molar-refractivity contribution in [3.05, 3.63) is 78.4 Å². The number of hydrogen-bond donors (Lipinski definition) is 0. The van der Waals surface area contributed by atoms with Crippen LogP contribution in [0.5, 0.6) is 17.2 Å².